The molecule has 0 aromatic carbocycles. The van der Waals surface area contributed by atoms with E-state index in [1.807, 2.05) is 20.8 Å². The fourth-order valence-electron chi connectivity index (χ4n) is 3.46. The Morgan fingerprint density at radius 2 is 2.00 bits per heavy atom. The third-order valence-electron chi connectivity index (χ3n) is 4.39. The molecule has 4 atom stereocenters. The predicted octanol–water partition coefficient (Wildman–Crippen LogP) is 1.93. The van der Waals surface area contributed by atoms with Gasteiger partial charge in [-0.15, -0.1) is 0 Å². The summed E-state index contributed by atoms with van der Waals surface area (Å²) in [5.74, 6) is 2.88. The van der Waals surface area contributed by atoms with Crippen molar-refractivity contribution in [2.75, 3.05) is 6.54 Å². The van der Waals surface area contributed by atoms with Crippen LogP contribution >= 0.6 is 0 Å². The average Bonchev–Trinajstić information content (AvgIpc) is 2.86. The Kier molecular flexibility index (Phi) is 4.08. The van der Waals surface area contributed by atoms with E-state index < -0.39 is 0 Å². The van der Waals surface area contributed by atoms with Crippen LogP contribution in [0.15, 0.2) is 0 Å². The lowest BCUT2D eigenvalue weighted by molar-refractivity contribution is -0.123. The molecule has 0 radical (unpaired) electrons. The van der Waals surface area contributed by atoms with Gasteiger partial charge in [-0.05, 0) is 64.3 Å². The second-order valence-corrected chi connectivity index (χ2v) is 6.23. The highest BCUT2D eigenvalue weighted by molar-refractivity contribution is 5.81. The first-order chi connectivity index (χ1) is 8.06. The maximum atomic E-state index is 11.7. The zero-order valence-corrected chi connectivity index (χ0v) is 11.3. The molecule has 2 aliphatic carbocycles. The van der Waals surface area contributed by atoms with Crippen LogP contribution in [0, 0.1) is 17.8 Å². The van der Waals surface area contributed by atoms with Gasteiger partial charge in [0.05, 0.1) is 6.04 Å². The number of nitrogens with one attached hydrogen (secondary N) is 2. The second-order valence-electron chi connectivity index (χ2n) is 6.23. The van der Waals surface area contributed by atoms with Gasteiger partial charge in [-0.25, -0.2) is 0 Å². The van der Waals surface area contributed by atoms with Crippen molar-refractivity contribution in [2.24, 2.45) is 17.8 Å². The van der Waals surface area contributed by atoms with Crippen LogP contribution in [0.5, 0.6) is 0 Å². The SMILES string of the molecule is CC(C)NC(=O)C(C)NCC1CC2CCC1C2. The van der Waals surface area contributed by atoms with Crippen LogP contribution in [0.2, 0.25) is 0 Å². The quantitative estimate of drug-likeness (QED) is 0.768. The van der Waals surface area contributed by atoms with E-state index >= 15 is 0 Å². The molecule has 17 heavy (non-hydrogen) atoms. The molecule has 2 bridgehead atoms. The minimum Gasteiger partial charge on any atom is -0.353 e. The van der Waals surface area contributed by atoms with Crippen molar-refractivity contribution in [3.05, 3.63) is 0 Å². The van der Waals surface area contributed by atoms with Gasteiger partial charge in [-0.3, -0.25) is 4.79 Å². The Morgan fingerprint density at radius 1 is 1.24 bits per heavy atom. The highest BCUT2D eigenvalue weighted by Gasteiger charge is 2.39. The molecule has 0 aromatic rings. The zero-order valence-electron chi connectivity index (χ0n) is 11.3. The molecule has 0 aromatic heterocycles. The van der Waals surface area contributed by atoms with Gasteiger partial charge in [0.2, 0.25) is 5.91 Å². The Bertz CT molecular complexity index is 277. The smallest absolute Gasteiger partial charge is 0.237 e. The Balaban J connectivity index is 1.69. The Labute approximate surface area is 105 Å². The first-order valence-electron chi connectivity index (χ1n) is 7.10. The molecule has 2 aliphatic rings. The molecule has 3 nitrogen and oxygen atoms in total. The Morgan fingerprint density at radius 3 is 2.53 bits per heavy atom. The number of fused-ring (bicyclic) bond motifs is 2. The van der Waals surface area contributed by atoms with Gasteiger partial charge in [0, 0.05) is 6.04 Å². The maximum absolute atomic E-state index is 11.7. The summed E-state index contributed by atoms with van der Waals surface area (Å²) in [5.41, 5.74) is 0. The van der Waals surface area contributed by atoms with Gasteiger partial charge >= 0.3 is 0 Å². The van der Waals surface area contributed by atoms with Crippen molar-refractivity contribution in [3.63, 3.8) is 0 Å². The molecular formula is C14H26N2O. The molecule has 1 amide bonds. The molecule has 4 unspecified atom stereocenters. The summed E-state index contributed by atoms with van der Waals surface area (Å²) in [5, 5.41) is 6.35. The van der Waals surface area contributed by atoms with Crippen molar-refractivity contribution in [3.8, 4) is 0 Å². The summed E-state index contributed by atoms with van der Waals surface area (Å²) in [6, 6.07) is 0.172. The minimum atomic E-state index is -0.0588. The van der Waals surface area contributed by atoms with E-state index in [4.69, 9.17) is 0 Å². The summed E-state index contributed by atoms with van der Waals surface area (Å²) in [6.07, 6.45) is 5.70. The van der Waals surface area contributed by atoms with Gasteiger partial charge in [0.25, 0.3) is 0 Å². The van der Waals surface area contributed by atoms with Crippen LogP contribution < -0.4 is 10.6 Å². The average molecular weight is 238 g/mol. The zero-order chi connectivity index (χ0) is 12.4. The molecule has 0 heterocycles. The monoisotopic (exact) mass is 238 g/mol. The van der Waals surface area contributed by atoms with Gasteiger partial charge < -0.3 is 10.6 Å². The number of hydrogen-bond acceptors (Lipinski definition) is 2. The highest BCUT2D eigenvalue weighted by Crippen LogP contribution is 2.47. The van der Waals surface area contributed by atoms with Crippen LogP contribution in [0.4, 0.5) is 0 Å². The van der Waals surface area contributed by atoms with E-state index in [2.05, 4.69) is 10.6 Å². The molecule has 2 fully saturated rings. The minimum absolute atomic E-state index is 0.0588. The summed E-state index contributed by atoms with van der Waals surface area (Å²) in [6.45, 7) is 6.99. The predicted molar refractivity (Wildman–Crippen MR) is 69.7 cm³/mol. The topological polar surface area (TPSA) is 41.1 Å². The number of carbonyl (C=O) groups is 1. The Hall–Kier alpha value is -0.570. The van der Waals surface area contributed by atoms with E-state index in [1.165, 1.54) is 25.7 Å². The van der Waals surface area contributed by atoms with Crippen molar-refractivity contribution < 1.29 is 4.79 Å². The van der Waals surface area contributed by atoms with E-state index in [9.17, 15) is 4.79 Å². The molecule has 3 heteroatoms. The maximum Gasteiger partial charge on any atom is 0.237 e. The molecule has 98 valence electrons. The molecule has 0 aliphatic heterocycles. The summed E-state index contributed by atoms with van der Waals surface area (Å²) in [7, 11) is 0. The highest BCUT2D eigenvalue weighted by atomic mass is 16.2. The molecule has 2 N–H and O–H groups in total. The van der Waals surface area contributed by atoms with Crippen molar-refractivity contribution >= 4 is 5.91 Å². The normalized spacial score (nSPS) is 33.1. The van der Waals surface area contributed by atoms with Gasteiger partial charge in [-0.2, -0.15) is 0 Å². The molecule has 2 rings (SSSR count). The third-order valence-corrected chi connectivity index (χ3v) is 4.39. The van der Waals surface area contributed by atoms with Gasteiger partial charge in [0.1, 0.15) is 0 Å². The lowest BCUT2D eigenvalue weighted by Crippen LogP contribution is -2.46. The molecule has 0 saturated heterocycles. The lowest BCUT2D eigenvalue weighted by Gasteiger charge is -2.24. The van der Waals surface area contributed by atoms with Crippen LogP contribution in [0.1, 0.15) is 46.5 Å². The molecule has 2 saturated carbocycles. The van der Waals surface area contributed by atoms with Crippen LogP contribution in [-0.4, -0.2) is 24.5 Å². The summed E-state index contributed by atoms with van der Waals surface area (Å²) in [4.78, 5) is 11.7. The van der Waals surface area contributed by atoms with Crippen molar-refractivity contribution in [1.29, 1.82) is 0 Å². The second kappa shape index (κ2) is 5.38. The van der Waals surface area contributed by atoms with Gasteiger partial charge in [-0.1, -0.05) is 6.42 Å². The van der Waals surface area contributed by atoms with E-state index in [0.29, 0.717) is 0 Å². The fourth-order valence-corrected chi connectivity index (χ4v) is 3.46. The third kappa shape index (κ3) is 3.21. The number of rotatable bonds is 5. The van der Waals surface area contributed by atoms with E-state index in [1.54, 1.807) is 0 Å². The van der Waals surface area contributed by atoms with Crippen molar-refractivity contribution in [2.45, 2.75) is 58.5 Å². The largest absolute Gasteiger partial charge is 0.353 e. The van der Waals surface area contributed by atoms with Crippen molar-refractivity contribution in [1.82, 2.24) is 10.6 Å². The fraction of sp³-hybridized carbons (Fsp3) is 0.929. The molecular weight excluding hydrogens is 212 g/mol. The summed E-state index contributed by atoms with van der Waals surface area (Å²) >= 11 is 0. The van der Waals surface area contributed by atoms with Crippen LogP contribution in [0.3, 0.4) is 0 Å². The van der Waals surface area contributed by atoms with Crippen LogP contribution in [0.25, 0.3) is 0 Å². The first kappa shape index (κ1) is 12.9. The van der Waals surface area contributed by atoms with Gasteiger partial charge in [0.15, 0.2) is 0 Å². The summed E-state index contributed by atoms with van der Waals surface area (Å²) < 4.78 is 0. The number of hydrogen-bond donors (Lipinski definition) is 2. The van der Waals surface area contributed by atoms with E-state index in [0.717, 1.165) is 24.3 Å². The first-order valence-corrected chi connectivity index (χ1v) is 7.10. The number of amides is 1. The molecule has 0 spiro atoms. The standard InChI is InChI=1S/C14H26N2O/c1-9(2)16-14(17)10(3)15-8-13-7-11-4-5-12(13)6-11/h9-13,15H,4-8H2,1-3H3,(H,16,17). The van der Waals surface area contributed by atoms with E-state index in [-0.39, 0.29) is 18.0 Å². The van der Waals surface area contributed by atoms with Crippen LogP contribution in [-0.2, 0) is 4.79 Å². The number of carbonyl (C=O) groups excluding carboxylic acids is 1. The lowest BCUT2D eigenvalue weighted by atomic mass is 9.89.